The van der Waals surface area contributed by atoms with Crippen molar-refractivity contribution in [3.63, 3.8) is 0 Å². The van der Waals surface area contributed by atoms with Crippen molar-refractivity contribution in [3.05, 3.63) is 71.8 Å². The van der Waals surface area contributed by atoms with Gasteiger partial charge in [-0.25, -0.2) is 9.90 Å². The van der Waals surface area contributed by atoms with Crippen LogP contribution < -0.4 is 0 Å². The summed E-state index contributed by atoms with van der Waals surface area (Å²) < 4.78 is 5.77. The van der Waals surface area contributed by atoms with E-state index >= 15 is 0 Å². The Labute approximate surface area is 123 Å². The second-order valence-corrected chi connectivity index (χ2v) is 5.03. The number of amides is 1. The molecule has 4 nitrogen and oxygen atoms in total. The lowest BCUT2D eigenvalue weighted by molar-refractivity contribution is -0.320. The molecule has 108 valence electrons. The number of benzene rings is 2. The standard InChI is InChI=1S/C17H17NO3/c1-13-12-18(16(19)14-8-4-2-5-9-14)21-17(20-13)15-10-6-3-7-11-15/h2-11,13,17H,12H2,1H3/t13-,17+/m1/s1. The zero-order valence-corrected chi connectivity index (χ0v) is 11.8. The first-order chi connectivity index (χ1) is 10.2. The van der Waals surface area contributed by atoms with Crippen molar-refractivity contribution in [2.24, 2.45) is 0 Å². The predicted octanol–water partition coefficient (Wildman–Crippen LogP) is 3.18. The SMILES string of the molecule is C[C@@H]1CN(C(=O)c2ccccc2)O[C@@H](c2ccccc2)O1. The molecule has 0 bridgehead atoms. The fourth-order valence-corrected chi connectivity index (χ4v) is 2.28. The van der Waals surface area contributed by atoms with Gasteiger partial charge in [-0.3, -0.25) is 4.79 Å². The van der Waals surface area contributed by atoms with E-state index in [1.165, 1.54) is 5.06 Å². The molecule has 1 fully saturated rings. The topological polar surface area (TPSA) is 38.8 Å². The Morgan fingerprint density at radius 3 is 2.33 bits per heavy atom. The molecule has 1 heterocycles. The van der Waals surface area contributed by atoms with E-state index in [9.17, 15) is 4.79 Å². The molecule has 0 N–H and O–H groups in total. The van der Waals surface area contributed by atoms with Crippen molar-refractivity contribution in [1.82, 2.24) is 5.06 Å². The zero-order chi connectivity index (χ0) is 14.7. The predicted molar refractivity (Wildman–Crippen MR) is 78.3 cm³/mol. The molecule has 0 saturated carbocycles. The molecule has 1 aliphatic rings. The summed E-state index contributed by atoms with van der Waals surface area (Å²) in [6.45, 7) is 2.35. The summed E-state index contributed by atoms with van der Waals surface area (Å²) in [6, 6.07) is 18.7. The summed E-state index contributed by atoms with van der Waals surface area (Å²) in [4.78, 5) is 18.2. The van der Waals surface area contributed by atoms with E-state index in [-0.39, 0.29) is 12.0 Å². The van der Waals surface area contributed by atoms with Gasteiger partial charge in [0.15, 0.2) is 0 Å². The van der Waals surface area contributed by atoms with Crippen LogP contribution in [-0.2, 0) is 9.57 Å². The Kier molecular flexibility index (Phi) is 3.99. The van der Waals surface area contributed by atoms with Gasteiger partial charge < -0.3 is 4.74 Å². The molecule has 2 aromatic rings. The van der Waals surface area contributed by atoms with E-state index in [4.69, 9.17) is 9.57 Å². The second-order valence-electron chi connectivity index (χ2n) is 5.03. The summed E-state index contributed by atoms with van der Waals surface area (Å²) in [7, 11) is 0. The highest BCUT2D eigenvalue weighted by atomic mass is 16.8. The van der Waals surface area contributed by atoms with Crippen molar-refractivity contribution >= 4 is 5.91 Å². The van der Waals surface area contributed by atoms with Crippen LogP contribution in [0.2, 0.25) is 0 Å². The number of hydroxylamine groups is 2. The van der Waals surface area contributed by atoms with Gasteiger partial charge in [-0.1, -0.05) is 48.5 Å². The number of hydrogen-bond donors (Lipinski definition) is 0. The lowest BCUT2D eigenvalue weighted by Crippen LogP contribution is -2.44. The lowest BCUT2D eigenvalue weighted by Gasteiger charge is -2.36. The molecule has 0 spiro atoms. The molecule has 0 unspecified atom stereocenters. The minimum Gasteiger partial charge on any atom is -0.342 e. The molecule has 1 saturated heterocycles. The Morgan fingerprint density at radius 1 is 1.05 bits per heavy atom. The maximum Gasteiger partial charge on any atom is 0.277 e. The molecular formula is C17H17NO3. The summed E-state index contributed by atoms with van der Waals surface area (Å²) >= 11 is 0. The summed E-state index contributed by atoms with van der Waals surface area (Å²) in [5.41, 5.74) is 1.51. The van der Waals surface area contributed by atoms with Crippen LogP contribution in [0.4, 0.5) is 0 Å². The fourth-order valence-electron chi connectivity index (χ4n) is 2.28. The molecule has 1 aliphatic heterocycles. The number of hydrogen-bond acceptors (Lipinski definition) is 3. The zero-order valence-electron chi connectivity index (χ0n) is 11.8. The van der Waals surface area contributed by atoms with Crippen molar-refractivity contribution in [1.29, 1.82) is 0 Å². The third-order valence-corrected chi connectivity index (χ3v) is 3.32. The number of nitrogens with zero attached hydrogens (tertiary/aromatic N) is 1. The molecule has 3 rings (SSSR count). The Hall–Kier alpha value is -2.17. The summed E-state index contributed by atoms with van der Waals surface area (Å²) in [5.74, 6) is -0.147. The smallest absolute Gasteiger partial charge is 0.277 e. The largest absolute Gasteiger partial charge is 0.342 e. The van der Waals surface area contributed by atoms with Crippen LogP contribution in [-0.4, -0.2) is 23.6 Å². The maximum absolute atomic E-state index is 12.5. The Bertz CT molecular complexity index is 600. The molecule has 2 aromatic carbocycles. The highest BCUT2D eigenvalue weighted by molar-refractivity contribution is 5.93. The number of carbonyl (C=O) groups is 1. The van der Waals surface area contributed by atoms with Gasteiger partial charge in [0, 0.05) is 11.1 Å². The van der Waals surface area contributed by atoms with E-state index in [2.05, 4.69) is 0 Å². The Morgan fingerprint density at radius 2 is 1.67 bits per heavy atom. The van der Waals surface area contributed by atoms with Crippen LogP contribution in [0, 0.1) is 0 Å². The minimum atomic E-state index is -0.553. The van der Waals surface area contributed by atoms with Gasteiger partial charge >= 0.3 is 0 Å². The van der Waals surface area contributed by atoms with Crippen LogP contribution in [0.25, 0.3) is 0 Å². The molecule has 4 heteroatoms. The van der Waals surface area contributed by atoms with Gasteiger partial charge in [-0.2, -0.15) is 0 Å². The van der Waals surface area contributed by atoms with Crippen LogP contribution in [0.15, 0.2) is 60.7 Å². The van der Waals surface area contributed by atoms with Gasteiger partial charge in [-0.05, 0) is 19.1 Å². The van der Waals surface area contributed by atoms with Gasteiger partial charge in [0.25, 0.3) is 5.91 Å². The van der Waals surface area contributed by atoms with Crippen LogP contribution in [0.1, 0.15) is 29.1 Å². The van der Waals surface area contributed by atoms with Crippen molar-refractivity contribution in [2.45, 2.75) is 19.3 Å². The van der Waals surface area contributed by atoms with E-state index < -0.39 is 6.29 Å². The Balaban J connectivity index is 1.79. The van der Waals surface area contributed by atoms with Gasteiger partial charge in [0.1, 0.15) is 0 Å². The van der Waals surface area contributed by atoms with E-state index in [1.807, 2.05) is 55.5 Å². The lowest BCUT2D eigenvalue weighted by atomic mass is 10.2. The molecule has 0 radical (unpaired) electrons. The van der Waals surface area contributed by atoms with Gasteiger partial charge in [0.2, 0.25) is 6.29 Å². The second kappa shape index (κ2) is 6.08. The highest BCUT2D eigenvalue weighted by Gasteiger charge is 2.31. The average Bonchev–Trinajstić information content (AvgIpc) is 2.55. The van der Waals surface area contributed by atoms with Crippen LogP contribution in [0.5, 0.6) is 0 Å². The van der Waals surface area contributed by atoms with Crippen molar-refractivity contribution in [3.8, 4) is 0 Å². The highest BCUT2D eigenvalue weighted by Crippen LogP contribution is 2.27. The molecule has 0 aromatic heterocycles. The van der Waals surface area contributed by atoms with Gasteiger partial charge in [-0.15, -0.1) is 0 Å². The maximum atomic E-state index is 12.5. The monoisotopic (exact) mass is 283 g/mol. The van der Waals surface area contributed by atoms with E-state index in [1.54, 1.807) is 12.1 Å². The third-order valence-electron chi connectivity index (χ3n) is 3.32. The fraction of sp³-hybridized carbons (Fsp3) is 0.235. The molecule has 0 aliphatic carbocycles. The van der Waals surface area contributed by atoms with Crippen LogP contribution in [0.3, 0.4) is 0 Å². The average molecular weight is 283 g/mol. The van der Waals surface area contributed by atoms with E-state index in [0.29, 0.717) is 12.1 Å². The summed E-state index contributed by atoms with van der Waals surface area (Å²) in [6.07, 6.45) is -0.640. The van der Waals surface area contributed by atoms with E-state index in [0.717, 1.165) is 5.56 Å². The van der Waals surface area contributed by atoms with Crippen molar-refractivity contribution in [2.75, 3.05) is 6.54 Å². The minimum absolute atomic E-state index is 0.0865. The summed E-state index contributed by atoms with van der Waals surface area (Å²) in [5, 5.41) is 1.39. The van der Waals surface area contributed by atoms with Crippen LogP contribution >= 0.6 is 0 Å². The molecular weight excluding hydrogens is 266 g/mol. The van der Waals surface area contributed by atoms with Crippen molar-refractivity contribution < 1.29 is 14.4 Å². The number of rotatable bonds is 2. The molecule has 2 atom stereocenters. The number of ether oxygens (including phenoxy) is 1. The third kappa shape index (κ3) is 3.12. The normalized spacial score (nSPS) is 22.0. The first-order valence-corrected chi connectivity index (χ1v) is 6.98. The first kappa shape index (κ1) is 13.8. The molecule has 21 heavy (non-hydrogen) atoms. The molecule has 1 amide bonds. The quantitative estimate of drug-likeness (QED) is 0.849. The first-order valence-electron chi connectivity index (χ1n) is 6.98. The van der Waals surface area contributed by atoms with Gasteiger partial charge in [0.05, 0.1) is 12.6 Å². The number of carbonyl (C=O) groups excluding carboxylic acids is 1.